The highest BCUT2D eigenvalue weighted by Crippen LogP contribution is 2.39. The third-order valence-electron chi connectivity index (χ3n) is 6.96. The highest BCUT2D eigenvalue weighted by molar-refractivity contribution is 5.79. The maximum atomic E-state index is 12.9. The molecule has 9 nitrogen and oxygen atoms in total. The van der Waals surface area contributed by atoms with Gasteiger partial charge >= 0.3 is 12.0 Å². The van der Waals surface area contributed by atoms with Crippen molar-refractivity contribution >= 4 is 11.9 Å². The maximum absolute atomic E-state index is 12.9. The maximum Gasteiger partial charge on any atom is 0.322 e. The molecule has 33 heavy (non-hydrogen) atoms. The number of hydrogen-bond donors (Lipinski definition) is 1. The number of fused-ring (bicyclic) bond motifs is 1. The Balaban J connectivity index is 1.02. The number of nitrogens with zero attached hydrogens (tertiary/aromatic N) is 4. The number of benzene rings is 1. The van der Waals surface area contributed by atoms with Crippen molar-refractivity contribution in [2.75, 3.05) is 32.8 Å². The van der Waals surface area contributed by atoms with Gasteiger partial charge in [-0.25, -0.2) is 9.78 Å². The highest BCUT2D eigenvalue weighted by Gasteiger charge is 2.40. The Labute approximate surface area is 192 Å². The van der Waals surface area contributed by atoms with E-state index in [4.69, 9.17) is 9.47 Å². The molecule has 3 aliphatic heterocycles. The van der Waals surface area contributed by atoms with Crippen molar-refractivity contribution in [2.45, 2.75) is 43.2 Å². The normalized spacial score (nSPS) is 25.2. The molecule has 0 unspecified atom stereocenters. The van der Waals surface area contributed by atoms with E-state index < -0.39 is 0 Å². The van der Waals surface area contributed by atoms with Crippen molar-refractivity contribution in [3.05, 3.63) is 47.8 Å². The predicted octanol–water partition coefficient (Wildman–Crippen LogP) is 2.25. The van der Waals surface area contributed by atoms with Crippen LogP contribution in [0, 0.1) is 0 Å². The summed E-state index contributed by atoms with van der Waals surface area (Å²) < 4.78 is 11.4. The van der Waals surface area contributed by atoms with E-state index in [0.717, 1.165) is 12.1 Å². The Bertz CT molecular complexity index is 1050. The number of rotatable bonds is 4. The van der Waals surface area contributed by atoms with Gasteiger partial charge in [-0.15, -0.1) is 0 Å². The van der Waals surface area contributed by atoms with Crippen LogP contribution in [0.3, 0.4) is 0 Å². The average molecular weight is 450 g/mol. The minimum absolute atomic E-state index is 0.0122. The van der Waals surface area contributed by atoms with Crippen molar-refractivity contribution in [3.8, 4) is 11.8 Å². The molecule has 1 N–H and O–H groups in total. The molecular formula is C24H27N5O4. The molecular weight excluding hydrogens is 422 g/mol. The summed E-state index contributed by atoms with van der Waals surface area (Å²) in [5, 5.41) is 2.95. The van der Waals surface area contributed by atoms with Crippen LogP contribution in [0.1, 0.15) is 42.4 Å². The fourth-order valence-corrected chi connectivity index (χ4v) is 4.84. The minimum atomic E-state index is -0.109. The molecule has 4 aliphatic rings. The van der Waals surface area contributed by atoms with E-state index in [-0.39, 0.29) is 30.7 Å². The summed E-state index contributed by atoms with van der Waals surface area (Å²) in [6.45, 7) is 2.67. The number of piperidine rings is 1. The first-order chi connectivity index (χ1) is 16.1. The van der Waals surface area contributed by atoms with Gasteiger partial charge in [-0.05, 0) is 43.0 Å². The Morgan fingerprint density at radius 1 is 1.03 bits per heavy atom. The molecule has 2 atom stereocenters. The van der Waals surface area contributed by atoms with Crippen LogP contribution in [0.5, 0.6) is 11.8 Å². The van der Waals surface area contributed by atoms with Crippen LogP contribution >= 0.6 is 0 Å². The van der Waals surface area contributed by atoms with E-state index in [9.17, 15) is 9.59 Å². The van der Waals surface area contributed by atoms with Crippen molar-refractivity contribution < 1.29 is 19.1 Å². The number of carbonyl (C=O) groups excluding carboxylic acids is 2. The van der Waals surface area contributed by atoms with Crippen LogP contribution in [-0.2, 0) is 9.53 Å². The Hall–Kier alpha value is -3.20. The Morgan fingerprint density at radius 2 is 1.85 bits per heavy atom. The van der Waals surface area contributed by atoms with Crippen LogP contribution in [-0.4, -0.2) is 76.6 Å². The number of amides is 3. The third-order valence-corrected chi connectivity index (χ3v) is 6.96. The highest BCUT2D eigenvalue weighted by atomic mass is 16.5. The number of morpholine rings is 1. The van der Waals surface area contributed by atoms with Crippen LogP contribution in [0.15, 0.2) is 36.5 Å². The molecule has 9 heteroatoms. The van der Waals surface area contributed by atoms with Crippen molar-refractivity contribution in [1.29, 1.82) is 0 Å². The van der Waals surface area contributed by atoms with Crippen LogP contribution in [0.2, 0.25) is 0 Å². The molecule has 1 aliphatic carbocycles. The van der Waals surface area contributed by atoms with E-state index in [1.165, 1.54) is 18.4 Å². The molecule has 172 valence electrons. The summed E-state index contributed by atoms with van der Waals surface area (Å²) in [5.74, 6) is 1.47. The number of aromatic nitrogens is 2. The number of hydrogen-bond acceptors (Lipinski definition) is 6. The van der Waals surface area contributed by atoms with E-state index >= 15 is 0 Å². The van der Waals surface area contributed by atoms with Crippen molar-refractivity contribution in [2.24, 2.45) is 0 Å². The van der Waals surface area contributed by atoms with Gasteiger partial charge < -0.3 is 24.6 Å². The zero-order valence-electron chi connectivity index (χ0n) is 18.4. The van der Waals surface area contributed by atoms with Crippen LogP contribution in [0.4, 0.5) is 4.79 Å². The number of nitrogens with one attached hydrogen (secondary N) is 1. The number of ether oxygens (including phenoxy) is 2. The van der Waals surface area contributed by atoms with Gasteiger partial charge in [0.15, 0.2) is 0 Å². The first kappa shape index (κ1) is 20.4. The van der Waals surface area contributed by atoms with Crippen LogP contribution in [0.25, 0.3) is 0 Å². The SMILES string of the molecule is O=C1CO[C@H]2CCN(C(=O)N3CC(c4ccc(Oc5nccc(C6CC6)n5)cc4)C3)C[C@H]2N1. The topological polar surface area (TPSA) is 96.9 Å². The lowest BCUT2D eigenvalue weighted by atomic mass is 9.91. The Kier molecular flexibility index (Phi) is 5.13. The molecule has 3 amide bonds. The quantitative estimate of drug-likeness (QED) is 0.769. The fourth-order valence-electron chi connectivity index (χ4n) is 4.84. The first-order valence-electron chi connectivity index (χ1n) is 11.7. The van der Waals surface area contributed by atoms with Crippen molar-refractivity contribution in [3.63, 3.8) is 0 Å². The van der Waals surface area contributed by atoms with Gasteiger partial charge in [-0.3, -0.25) is 4.79 Å². The van der Waals surface area contributed by atoms with Crippen molar-refractivity contribution in [1.82, 2.24) is 25.1 Å². The molecule has 2 aromatic rings. The van der Waals surface area contributed by atoms with Gasteiger partial charge in [0.25, 0.3) is 0 Å². The van der Waals surface area contributed by atoms with Gasteiger partial charge in [-0.1, -0.05) is 12.1 Å². The molecule has 0 radical (unpaired) electrons. The molecule has 4 heterocycles. The second kappa shape index (κ2) is 8.30. The van der Waals surface area contributed by atoms with Gasteiger partial charge in [0.2, 0.25) is 5.91 Å². The van der Waals surface area contributed by atoms with E-state index in [2.05, 4.69) is 15.3 Å². The second-order valence-corrected chi connectivity index (χ2v) is 9.35. The summed E-state index contributed by atoms with van der Waals surface area (Å²) in [4.78, 5) is 36.9. The van der Waals surface area contributed by atoms with Gasteiger partial charge in [0.05, 0.1) is 17.8 Å². The van der Waals surface area contributed by atoms with E-state index in [1.54, 1.807) is 6.20 Å². The second-order valence-electron chi connectivity index (χ2n) is 9.35. The van der Waals surface area contributed by atoms with E-state index in [0.29, 0.717) is 49.8 Å². The molecule has 6 rings (SSSR count). The number of carbonyl (C=O) groups is 2. The van der Waals surface area contributed by atoms with Gasteiger partial charge in [0, 0.05) is 44.2 Å². The largest absolute Gasteiger partial charge is 0.424 e. The lowest BCUT2D eigenvalue weighted by molar-refractivity contribution is -0.139. The summed E-state index contributed by atoms with van der Waals surface area (Å²) in [6, 6.07) is 10.2. The number of urea groups is 1. The first-order valence-corrected chi connectivity index (χ1v) is 11.7. The lowest BCUT2D eigenvalue weighted by Gasteiger charge is -2.46. The average Bonchev–Trinajstić information content (AvgIpc) is 3.64. The summed E-state index contributed by atoms with van der Waals surface area (Å²) >= 11 is 0. The fraction of sp³-hybridized carbons (Fsp3) is 0.500. The number of likely N-dealkylation sites (tertiary alicyclic amines) is 2. The summed E-state index contributed by atoms with van der Waals surface area (Å²) in [7, 11) is 0. The molecule has 1 aromatic carbocycles. The minimum Gasteiger partial charge on any atom is -0.424 e. The third kappa shape index (κ3) is 4.25. The molecule has 1 saturated carbocycles. The molecule has 3 saturated heterocycles. The lowest BCUT2D eigenvalue weighted by Crippen LogP contribution is -2.63. The molecule has 0 bridgehead atoms. The summed E-state index contributed by atoms with van der Waals surface area (Å²) in [6.07, 6.45) is 4.90. The van der Waals surface area contributed by atoms with Gasteiger partial charge in [0.1, 0.15) is 12.4 Å². The Morgan fingerprint density at radius 3 is 2.64 bits per heavy atom. The molecule has 1 aromatic heterocycles. The zero-order chi connectivity index (χ0) is 22.4. The summed E-state index contributed by atoms with van der Waals surface area (Å²) in [5.41, 5.74) is 2.24. The molecule has 4 fully saturated rings. The zero-order valence-corrected chi connectivity index (χ0v) is 18.4. The monoisotopic (exact) mass is 449 g/mol. The molecule has 0 spiro atoms. The van der Waals surface area contributed by atoms with E-state index in [1.807, 2.05) is 40.1 Å². The van der Waals surface area contributed by atoms with Crippen LogP contribution < -0.4 is 10.1 Å². The predicted molar refractivity (Wildman–Crippen MR) is 118 cm³/mol. The smallest absolute Gasteiger partial charge is 0.322 e. The van der Waals surface area contributed by atoms with Gasteiger partial charge in [-0.2, -0.15) is 4.98 Å². The standard InChI is InChI=1S/C24H27N5O4/c30-22-14-32-21-8-10-28(13-20(21)26-22)24(31)29-11-17(12-29)15-3-5-18(6-4-15)33-23-25-9-7-19(27-23)16-1-2-16/h3-7,9,16-17,20-21H,1-2,8,10-14H2,(H,26,30)/t20-,21+/m1/s1.